The Morgan fingerprint density at radius 1 is 1.30 bits per heavy atom. The lowest BCUT2D eigenvalue weighted by Crippen LogP contribution is -2.62. The number of carbonyl (C=O) groups excluding carboxylic acids is 2. The molecular weight excluding hydrogens is 256 g/mol. The van der Waals surface area contributed by atoms with Gasteiger partial charge in [0.1, 0.15) is 17.9 Å². The molecule has 20 heavy (non-hydrogen) atoms. The molecule has 6 nitrogen and oxygen atoms in total. The second-order valence-corrected chi connectivity index (χ2v) is 5.50. The molecule has 1 saturated heterocycles. The van der Waals surface area contributed by atoms with E-state index in [1.807, 2.05) is 13.8 Å². The maximum Gasteiger partial charge on any atom is 0.246 e. The van der Waals surface area contributed by atoms with Crippen LogP contribution in [-0.4, -0.2) is 38.8 Å². The van der Waals surface area contributed by atoms with E-state index in [2.05, 4.69) is 15.3 Å². The van der Waals surface area contributed by atoms with Crippen molar-refractivity contribution in [3.05, 3.63) is 24.3 Å². The van der Waals surface area contributed by atoms with Gasteiger partial charge in [0.2, 0.25) is 11.8 Å². The molecule has 2 amide bonds. The average Bonchev–Trinajstić information content (AvgIpc) is 2.41. The SMILES string of the molecule is CC(C)CC1NC(=O)C(C)N(Cc2ncccn2)C1=O. The van der Waals surface area contributed by atoms with Crippen LogP contribution in [0.5, 0.6) is 0 Å². The van der Waals surface area contributed by atoms with Crippen molar-refractivity contribution in [2.24, 2.45) is 5.92 Å². The molecule has 1 aromatic heterocycles. The van der Waals surface area contributed by atoms with Crippen molar-refractivity contribution in [3.63, 3.8) is 0 Å². The van der Waals surface area contributed by atoms with E-state index < -0.39 is 12.1 Å². The lowest BCUT2D eigenvalue weighted by atomic mass is 9.99. The van der Waals surface area contributed by atoms with Crippen molar-refractivity contribution in [1.29, 1.82) is 0 Å². The largest absolute Gasteiger partial charge is 0.343 e. The Morgan fingerprint density at radius 2 is 1.95 bits per heavy atom. The van der Waals surface area contributed by atoms with Crippen molar-refractivity contribution >= 4 is 11.8 Å². The lowest BCUT2D eigenvalue weighted by molar-refractivity contribution is -0.149. The molecular formula is C14H20N4O2. The van der Waals surface area contributed by atoms with Gasteiger partial charge < -0.3 is 10.2 Å². The van der Waals surface area contributed by atoms with E-state index in [0.717, 1.165) is 0 Å². The number of amides is 2. The summed E-state index contributed by atoms with van der Waals surface area (Å²) in [6, 6.07) is 0.788. The number of hydrogen-bond donors (Lipinski definition) is 1. The van der Waals surface area contributed by atoms with Crippen LogP contribution in [0.15, 0.2) is 18.5 Å². The number of nitrogens with one attached hydrogen (secondary N) is 1. The molecule has 0 saturated carbocycles. The van der Waals surface area contributed by atoms with E-state index in [4.69, 9.17) is 0 Å². The van der Waals surface area contributed by atoms with Crippen molar-refractivity contribution in [2.75, 3.05) is 0 Å². The topological polar surface area (TPSA) is 75.2 Å². The van der Waals surface area contributed by atoms with Gasteiger partial charge in [-0.05, 0) is 25.3 Å². The number of aromatic nitrogens is 2. The summed E-state index contributed by atoms with van der Waals surface area (Å²) < 4.78 is 0. The van der Waals surface area contributed by atoms with E-state index in [0.29, 0.717) is 18.2 Å². The van der Waals surface area contributed by atoms with Crippen LogP contribution in [0, 0.1) is 5.92 Å². The third kappa shape index (κ3) is 3.12. The highest BCUT2D eigenvalue weighted by molar-refractivity contribution is 5.96. The van der Waals surface area contributed by atoms with E-state index in [-0.39, 0.29) is 18.4 Å². The molecule has 2 heterocycles. The molecule has 1 aliphatic rings. The molecule has 0 spiro atoms. The summed E-state index contributed by atoms with van der Waals surface area (Å²) in [5.74, 6) is 0.711. The zero-order valence-electron chi connectivity index (χ0n) is 12.0. The summed E-state index contributed by atoms with van der Waals surface area (Å²) in [5, 5.41) is 2.79. The summed E-state index contributed by atoms with van der Waals surface area (Å²) in [7, 11) is 0. The summed E-state index contributed by atoms with van der Waals surface area (Å²) in [6.07, 6.45) is 3.91. The molecule has 0 bridgehead atoms. The van der Waals surface area contributed by atoms with Gasteiger partial charge in [-0.15, -0.1) is 0 Å². The minimum absolute atomic E-state index is 0.0572. The zero-order valence-corrected chi connectivity index (χ0v) is 12.0. The second kappa shape index (κ2) is 5.98. The van der Waals surface area contributed by atoms with Crippen LogP contribution in [0.4, 0.5) is 0 Å². The van der Waals surface area contributed by atoms with E-state index in [1.165, 1.54) is 0 Å². The number of nitrogens with zero attached hydrogens (tertiary/aromatic N) is 3. The Labute approximate surface area is 118 Å². The Morgan fingerprint density at radius 3 is 2.55 bits per heavy atom. The quantitative estimate of drug-likeness (QED) is 0.880. The van der Waals surface area contributed by atoms with Crippen LogP contribution in [0.1, 0.15) is 33.0 Å². The van der Waals surface area contributed by atoms with Gasteiger partial charge in [0, 0.05) is 12.4 Å². The first-order valence-corrected chi connectivity index (χ1v) is 6.85. The van der Waals surface area contributed by atoms with Gasteiger partial charge in [-0.1, -0.05) is 13.8 Å². The molecule has 0 radical (unpaired) electrons. The van der Waals surface area contributed by atoms with Crippen molar-refractivity contribution in [1.82, 2.24) is 20.2 Å². The summed E-state index contributed by atoms with van der Waals surface area (Å²) >= 11 is 0. The van der Waals surface area contributed by atoms with Crippen LogP contribution in [-0.2, 0) is 16.1 Å². The number of carbonyl (C=O) groups is 2. The van der Waals surface area contributed by atoms with Crippen molar-refractivity contribution in [2.45, 2.75) is 45.8 Å². The summed E-state index contributed by atoms with van der Waals surface area (Å²) in [6.45, 7) is 6.05. The Hall–Kier alpha value is -1.98. The number of hydrogen-bond acceptors (Lipinski definition) is 4. The zero-order chi connectivity index (χ0) is 14.7. The standard InChI is InChI=1S/C14H20N4O2/c1-9(2)7-11-14(20)18(10(3)13(19)17-11)8-12-15-5-4-6-16-12/h4-6,9-11H,7-8H2,1-3H3,(H,17,19). The van der Waals surface area contributed by atoms with Gasteiger partial charge in [-0.25, -0.2) is 9.97 Å². The van der Waals surface area contributed by atoms with Gasteiger partial charge in [-0.3, -0.25) is 9.59 Å². The molecule has 108 valence electrons. The first kappa shape index (κ1) is 14.4. The monoisotopic (exact) mass is 276 g/mol. The molecule has 1 aromatic rings. The number of rotatable bonds is 4. The Balaban J connectivity index is 2.16. The molecule has 1 aliphatic heterocycles. The van der Waals surface area contributed by atoms with Crippen LogP contribution in [0.25, 0.3) is 0 Å². The highest BCUT2D eigenvalue weighted by atomic mass is 16.2. The summed E-state index contributed by atoms with van der Waals surface area (Å²) in [4.78, 5) is 34.3. The average molecular weight is 276 g/mol. The minimum Gasteiger partial charge on any atom is -0.343 e. The van der Waals surface area contributed by atoms with Crippen LogP contribution in [0.3, 0.4) is 0 Å². The fourth-order valence-corrected chi connectivity index (χ4v) is 2.30. The molecule has 1 N–H and O–H groups in total. The highest BCUT2D eigenvalue weighted by Gasteiger charge is 2.38. The third-order valence-electron chi connectivity index (χ3n) is 3.38. The fourth-order valence-electron chi connectivity index (χ4n) is 2.30. The van der Waals surface area contributed by atoms with E-state index >= 15 is 0 Å². The van der Waals surface area contributed by atoms with Crippen LogP contribution in [0.2, 0.25) is 0 Å². The Kier molecular flexibility index (Phi) is 4.32. The fraction of sp³-hybridized carbons (Fsp3) is 0.571. The molecule has 1 fully saturated rings. The van der Waals surface area contributed by atoms with Gasteiger partial charge in [0.15, 0.2) is 0 Å². The van der Waals surface area contributed by atoms with Gasteiger partial charge >= 0.3 is 0 Å². The molecule has 2 atom stereocenters. The predicted octanol–water partition coefficient (Wildman–Crippen LogP) is 0.738. The highest BCUT2D eigenvalue weighted by Crippen LogP contribution is 2.17. The third-order valence-corrected chi connectivity index (χ3v) is 3.38. The predicted molar refractivity (Wildman–Crippen MR) is 73.4 cm³/mol. The molecule has 0 aromatic carbocycles. The van der Waals surface area contributed by atoms with Gasteiger partial charge in [0.25, 0.3) is 0 Å². The first-order valence-electron chi connectivity index (χ1n) is 6.85. The van der Waals surface area contributed by atoms with Crippen molar-refractivity contribution < 1.29 is 9.59 Å². The normalized spacial score (nSPS) is 23.1. The molecule has 0 aliphatic carbocycles. The maximum absolute atomic E-state index is 12.5. The van der Waals surface area contributed by atoms with E-state index in [1.54, 1.807) is 30.3 Å². The molecule has 6 heteroatoms. The maximum atomic E-state index is 12.5. The van der Waals surface area contributed by atoms with Crippen LogP contribution >= 0.6 is 0 Å². The first-order chi connectivity index (χ1) is 9.49. The summed E-state index contributed by atoms with van der Waals surface area (Å²) in [5.41, 5.74) is 0. The van der Waals surface area contributed by atoms with Crippen LogP contribution < -0.4 is 5.32 Å². The van der Waals surface area contributed by atoms with Gasteiger partial charge in [0.05, 0.1) is 6.54 Å². The number of piperazine rings is 1. The molecule has 2 rings (SSSR count). The molecule has 2 unspecified atom stereocenters. The lowest BCUT2D eigenvalue weighted by Gasteiger charge is -2.37. The smallest absolute Gasteiger partial charge is 0.246 e. The minimum atomic E-state index is -0.491. The van der Waals surface area contributed by atoms with Crippen molar-refractivity contribution in [3.8, 4) is 0 Å². The van der Waals surface area contributed by atoms with E-state index in [9.17, 15) is 9.59 Å². The Bertz CT molecular complexity index is 489. The second-order valence-electron chi connectivity index (χ2n) is 5.50. The van der Waals surface area contributed by atoms with Gasteiger partial charge in [-0.2, -0.15) is 0 Å².